The van der Waals surface area contributed by atoms with E-state index in [4.69, 9.17) is 9.47 Å². The Morgan fingerprint density at radius 1 is 0.400 bits per heavy atom. The Bertz CT molecular complexity index is 1080. The molecule has 0 heterocycles. The first-order valence-corrected chi connectivity index (χ1v) is 25.5. The second kappa shape index (κ2) is 50.7. The monoisotopic (exact) mass is 837 g/mol. The highest BCUT2D eigenvalue weighted by Crippen LogP contribution is 2.15. The van der Waals surface area contributed by atoms with Crippen LogP contribution in [0.25, 0.3) is 0 Å². The Labute approximate surface area is 372 Å². The summed E-state index contributed by atoms with van der Waals surface area (Å²) < 4.78 is 10.7. The molecule has 0 aliphatic heterocycles. The third-order valence-corrected chi connectivity index (χ3v) is 11.0. The third kappa shape index (κ3) is 48.0. The van der Waals surface area contributed by atoms with E-state index in [2.05, 4.69) is 86.8 Å². The lowest BCUT2D eigenvalue weighted by Gasteiger charge is -2.15. The highest BCUT2D eigenvalue weighted by molar-refractivity contribution is 5.70. The summed E-state index contributed by atoms with van der Waals surface area (Å²) in [5.74, 6) is -0.595. The summed E-state index contributed by atoms with van der Waals surface area (Å²) in [4.78, 5) is 24.5. The molecular weight excluding hydrogens is 741 g/mol. The van der Waals surface area contributed by atoms with E-state index in [1.807, 2.05) is 0 Å². The quantitative estimate of drug-likeness (QED) is 0.0376. The molecule has 0 aromatic carbocycles. The molecule has 5 heteroatoms. The van der Waals surface area contributed by atoms with Crippen LogP contribution < -0.4 is 0 Å². The van der Waals surface area contributed by atoms with Gasteiger partial charge in [-0.25, -0.2) is 0 Å². The zero-order valence-corrected chi connectivity index (χ0v) is 39.5. The summed E-state index contributed by atoms with van der Waals surface area (Å²) >= 11 is 0. The number of carbonyl (C=O) groups excluding carboxylic acids is 2. The Hall–Kier alpha value is -2.66. The Balaban J connectivity index is 3.52. The lowest BCUT2D eigenvalue weighted by atomic mass is 10.0. The van der Waals surface area contributed by atoms with Crippen LogP contribution in [0.2, 0.25) is 0 Å². The first-order valence-electron chi connectivity index (χ1n) is 25.5. The minimum atomic E-state index is -0.778. The number of aliphatic hydroxyl groups is 1. The molecule has 0 bridgehead atoms. The molecule has 1 atom stereocenters. The van der Waals surface area contributed by atoms with Gasteiger partial charge in [-0.05, 0) is 83.5 Å². The predicted octanol–water partition coefficient (Wildman–Crippen LogP) is 16.9. The van der Waals surface area contributed by atoms with Gasteiger partial charge < -0.3 is 14.6 Å². The second-order valence-electron chi connectivity index (χ2n) is 16.9. The number of allylic oxidation sites excluding steroid dienone is 12. The van der Waals surface area contributed by atoms with Crippen molar-refractivity contribution < 1.29 is 24.2 Å². The average molecular weight is 837 g/mol. The van der Waals surface area contributed by atoms with Gasteiger partial charge in [0.15, 0.2) is 6.10 Å². The van der Waals surface area contributed by atoms with Gasteiger partial charge in [-0.15, -0.1) is 0 Å². The fourth-order valence-electron chi connectivity index (χ4n) is 7.17. The Morgan fingerprint density at radius 3 is 1.08 bits per heavy atom. The smallest absolute Gasteiger partial charge is 0.306 e. The molecule has 1 N–H and O–H groups in total. The fourth-order valence-corrected chi connectivity index (χ4v) is 7.17. The van der Waals surface area contributed by atoms with E-state index in [9.17, 15) is 14.7 Å². The number of ether oxygens (including phenoxy) is 2. The number of rotatable bonds is 46. The first kappa shape index (κ1) is 57.3. The molecule has 0 spiro atoms. The van der Waals surface area contributed by atoms with Gasteiger partial charge in [0.05, 0.1) is 6.61 Å². The molecule has 0 fully saturated rings. The summed E-state index contributed by atoms with van der Waals surface area (Å²) in [5, 5.41) is 9.63. The maximum atomic E-state index is 12.3. The van der Waals surface area contributed by atoms with E-state index in [-0.39, 0.29) is 25.2 Å². The van der Waals surface area contributed by atoms with Crippen LogP contribution in [-0.4, -0.2) is 36.4 Å². The lowest BCUT2D eigenvalue weighted by molar-refractivity contribution is -0.161. The van der Waals surface area contributed by atoms with Gasteiger partial charge >= 0.3 is 11.9 Å². The summed E-state index contributed by atoms with van der Waals surface area (Å²) in [7, 11) is 0. The van der Waals surface area contributed by atoms with E-state index in [1.54, 1.807) is 0 Å². The van der Waals surface area contributed by atoms with Gasteiger partial charge in [0.1, 0.15) is 6.61 Å². The van der Waals surface area contributed by atoms with Crippen molar-refractivity contribution in [2.45, 2.75) is 251 Å². The molecule has 0 aromatic heterocycles. The molecule has 0 amide bonds. The minimum Gasteiger partial charge on any atom is -0.462 e. The van der Waals surface area contributed by atoms with Crippen molar-refractivity contribution >= 4 is 11.9 Å². The second-order valence-corrected chi connectivity index (χ2v) is 16.9. The van der Waals surface area contributed by atoms with E-state index in [0.717, 1.165) is 70.6 Å². The summed E-state index contributed by atoms with van der Waals surface area (Å²) in [6, 6.07) is 0. The SMILES string of the molecule is CC/C=C\C/C=C\C/C=C\C/C=C\CCCCCCCCCCCCC(=O)OC(CO)COC(=O)CCCCCCCCCCCCC/C=C\C/C=C\CCCCCCC. The van der Waals surface area contributed by atoms with E-state index in [1.165, 1.54) is 148 Å². The number of unbranched alkanes of at least 4 members (excludes halogenated alkanes) is 26. The third-order valence-electron chi connectivity index (χ3n) is 11.0. The molecule has 0 saturated carbocycles. The molecule has 0 aliphatic carbocycles. The molecule has 0 aliphatic rings. The summed E-state index contributed by atoms with van der Waals surface area (Å²) in [5.41, 5.74) is 0. The van der Waals surface area contributed by atoms with Crippen molar-refractivity contribution in [3.05, 3.63) is 72.9 Å². The van der Waals surface area contributed by atoms with E-state index >= 15 is 0 Å². The molecule has 0 aromatic rings. The van der Waals surface area contributed by atoms with Gasteiger partial charge in [-0.3, -0.25) is 9.59 Å². The van der Waals surface area contributed by atoms with Crippen molar-refractivity contribution in [3.63, 3.8) is 0 Å². The molecule has 346 valence electrons. The predicted molar refractivity (Wildman–Crippen MR) is 260 cm³/mol. The maximum absolute atomic E-state index is 12.3. The van der Waals surface area contributed by atoms with Gasteiger partial charge in [0, 0.05) is 12.8 Å². The highest BCUT2D eigenvalue weighted by atomic mass is 16.6. The lowest BCUT2D eigenvalue weighted by Crippen LogP contribution is -2.28. The zero-order valence-electron chi connectivity index (χ0n) is 39.5. The molecule has 5 nitrogen and oxygen atoms in total. The van der Waals surface area contributed by atoms with Crippen molar-refractivity contribution in [1.29, 1.82) is 0 Å². The molecule has 0 radical (unpaired) electrons. The van der Waals surface area contributed by atoms with Gasteiger partial charge in [0.25, 0.3) is 0 Å². The average Bonchev–Trinajstić information content (AvgIpc) is 3.25. The number of hydrogen-bond acceptors (Lipinski definition) is 5. The number of aliphatic hydroxyl groups excluding tert-OH is 1. The van der Waals surface area contributed by atoms with Crippen molar-refractivity contribution in [3.8, 4) is 0 Å². The van der Waals surface area contributed by atoms with E-state index in [0.29, 0.717) is 12.8 Å². The molecule has 1 unspecified atom stereocenters. The van der Waals surface area contributed by atoms with Crippen LogP contribution in [0.1, 0.15) is 245 Å². The van der Waals surface area contributed by atoms with Crippen LogP contribution in [0, 0.1) is 0 Å². The Morgan fingerprint density at radius 2 is 0.717 bits per heavy atom. The standard InChI is InChI=1S/C55H96O5/c1-3-5-7-9-11-13-15-17-19-21-23-25-27-29-31-33-35-37-39-41-43-45-47-49-54(57)59-52-53(51-56)60-55(58)50-48-46-44-42-40-38-36-34-32-30-28-26-24-22-20-18-16-14-12-10-8-6-4-2/h6,8,12,14-15,17-18,20-21,23-24,26,53,56H,3-5,7,9-11,13,16,19,22,25,27-52H2,1-2H3/b8-6-,14-12-,17-15-,20-18-,23-21-,26-24-. The number of hydrogen-bond donors (Lipinski definition) is 1. The molecule has 60 heavy (non-hydrogen) atoms. The van der Waals surface area contributed by atoms with Gasteiger partial charge in [0.2, 0.25) is 0 Å². The van der Waals surface area contributed by atoms with Crippen molar-refractivity contribution in [1.82, 2.24) is 0 Å². The summed E-state index contributed by atoms with van der Waals surface area (Å²) in [6.07, 6.45) is 68.5. The number of carbonyl (C=O) groups is 2. The van der Waals surface area contributed by atoms with Crippen LogP contribution in [0.4, 0.5) is 0 Å². The van der Waals surface area contributed by atoms with Crippen molar-refractivity contribution in [2.24, 2.45) is 0 Å². The fraction of sp³-hybridized carbons (Fsp3) is 0.745. The largest absolute Gasteiger partial charge is 0.462 e. The first-order chi connectivity index (χ1) is 29.6. The molecule has 0 rings (SSSR count). The van der Waals surface area contributed by atoms with Crippen molar-refractivity contribution in [2.75, 3.05) is 13.2 Å². The van der Waals surface area contributed by atoms with Crippen LogP contribution in [0.5, 0.6) is 0 Å². The van der Waals surface area contributed by atoms with Crippen LogP contribution in [-0.2, 0) is 19.1 Å². The molecular formula is C55H96O5. The van der Waals surface area contributed by atoms with Crippen LogP contribution in [0.15, 0.2) is 72.9 Å². The van der Waals surface area contributed by atoms with Gasteiger partial charge in [-0.2, -0.15) is 0 Å². The highest BCUT2D eigenvalue weighted by Gasteiger charge is 2.16. The van der Waals surface area contributed by atoms with E-state index < -0.39 is 6.10 Å². The minimum absolute atomic E-state index is 0.0703. The normalized spacial score (nSPS) is 12.8. The van der Waals surface area contributed by atoms with Crippen LogP contribution >= 0.6 is 0 Å². The maximum Gasteiger partial charge on any atom is 0.306 e. The zero-order chi connectivity index (χ0) is 43.5. The molecule has 0 saturated heterocycles. The van der Waals surface area contributed by atoms with Gasteiger partial charge in [-0.1, -0.05) is 222 Å². The van der Waals surface area contributed by atoms with Crippen LogP contribution in [0.3, 0.4) is 0 Å². The Kier molecular flexibility index (Phi) is 48.4. The summed E-state index contributed by atoms with van der Waals surface area (Å²) in [6.45, 7) is 4.03. The topological polar surface area (TPSA) is 72.8 Å². The number of esters is 2.